The van der Waals surface area contributed by atoms with E-state index in [1.54, 1.807) is 12.1 Å². The van der Waals surface area contributed by atoms with Crippen LogP contribution in [0.1, 0.15) is 16.8 Å². The predicted molar refractivity (Wildman–Crippen MR) is 67.2 cm³/mol. The Morgan fingerprint density at radius 1 is 1.30 bits per heavy atom. The minimum Gasteiger partial charge on any atom is -0.496 e. The maximum absolute atomic E-state index is 12.5. The molecule has 0 spiro atoms. The molecule has 108 valence electrons. The number of alkyl halides is 3. The Balaban J connectivity index is 2.27. The lowest BCUT2D eigenvalue weighted by Crippen LogP contribution is -2.09. The number of ether oxygens (including phenoxy) is 1. The normalized spacial score (nSPS) is 11.7. The number of hydrogen-bond acceptors (Lipinski definition) is 3. The first-order valence-electron chi connectivity index (χ1n) is 5.90. The summed E-state index contributed by atoms with van der Waals surface area (Å²) in [4.78, 5) is 0. The van der Waals surface area contributed by atoms with Crippen LogP contribution in [0.4, 0.5) is 13.2 Å². The molecule has 0 amide bonds. The third-order valence-electron chi connectivity index (χ3n) is 2.84. The van der Waals surface area contributed by atoms with Gasteiger partial charge in [-0.05, 0) is 23.8 Å². The van der Waals surface area contributed by atoms with E-state index in [9.17, 15) is 13.2 Å². The zero-order valence-electron chi connectivity index (χ0n) is 10.8. The SMILES string of the molecule is COc1ccc(CN)cc1Cn1ccc(C(F)(F)F)n1. The first-order valence-corrected chi connectivity index (χ1v) is 5.90. The first kappa shape index (κ1) is 14.4. The Labute approximate surface area is 114 Å². The van der Waals surface area contributed by atoms with Gasteiger partial charge in [-0.1, -0.05) is 6.07 Å². The van der Waals surface area contributed by atoms with Gasteiger partial charge in [0.25, 0.3) is 0 Å². The molecule has 2 rings (SSSR count). The summed E-state index contributed by atoms with van der Waals surface area (Å²) in [5, 5.41) is 3.51. The molecule has 1 aromatic carbocycles. The van der Waals surface area contributed by atoms with Crippen LogP contribution in [-0.2, 0) is 19.3 Å². The van der Waals surface area contributed by atoms with Crippen LogP contribution in [0.2, 0.25) is 0 Å². The summed E-state index contributed by atoms with van der Waals surface area (Å²) in [6.45, 7) is 0.539. The fraction of sp³-hybridized carbons (Fsp3) is 0.308. The number of methoxy groups -OCH3 is 1. The van der Waals surface area contributed by atoms with Crippen molar-refractivity contribution in [3.05, 3.63) is 47.3 Å². The van der Waals surface area contributed by atoms with Gasteiger partial charge in [0.2, 0.25) is 0 Å². The summed E-state index contributed by atoms with van der Waals surface area (Å²) in [7, 11) is 1.51. The highest BCUT2D eigenvalue weighted by Crippen LogP contribution is 2.28. The van der Waals surface area contributed by atoms with E-state index in [1.807, 2.05) is 6.07 Å². The molecule has 4 nitrogen and oxygen atoms in total. The van der Waals surface area contributed by atoms with Crippen molar-refractivity contribution in [2.24, 2.45) is 5.73 Å². The van der Waals surface area contributed by atoms with Gasteiger partial charge < -0.3 is 10.5 Å². The van der Waals surface area contributed by atoms with Gasteiger partial charge in [0.15, 0.2) is 5.69 Å². The molecule has 0 saturated carbocycles. The fourth-order valence-electron chi connectivity index (χ4n) is 1.86. The van der Waals surface area contributed by atoms with Crippen LogP contribution in [-0.4, -0.2) is 16.9 Å². The van der Waals surface area contributed by atoms with Crippen LogP contribution in [0.5, 0.6) is 5.75 Å². The number of halogens is 3. The quantitative estimate of drug-likeness (QED) is 0.938. The molecule has 0 saturated heterocycles. The van der Waals surface area contributed by atoms with Gasteiger partial charge in [0, 0.05) is 18.3 Å². The monoisotopic (exact) mass is 285 g/mol. The molecule has 0 fully saturated rings. The second kappa shape index (κ2) is 5.54. The van der Waals surface area contributed by atoms with E-state index in [4.69, 9.17) is 10.5 Å². The van der Waals surface area contributed by atoms with Crippen molar-refractivity contribution in [3.63, 3.8) is 0 Å². The summed E-state index contributed by atoms with van der Waals surface area (Å²) in [5.41, 5.74) is 6.25. The van der Waals surface area contributed by atoms with Crippen molar-refractivity contribution in [2.75, 3.05) is 7.11 Å². The number of nitrogens with zero attached hydrogens (tertiary/aromatic N) is 2. The van der Waals surface area contributed by atoms with E-state index >= 15 is 0 Å². The second-order valence-electron chi connectivity index (χ2n) is 4.25. The third-order valence-corrected chi connectivity index (χ3v) is 2.84. The van der Waals surface area contributed by atoms with E-state index in [2.05, 4.69) is 5.10 Å². The molecule has 7 heteroatoms. The van der Waals surface area contributed by atoms with Crippen molar-refractivity contribution in [2.45, 2.75) is 19.3 Å². The van der Waals surface area contributed by atoms with Gasteiger partial charge in [0.05, 0.1) is 13.7 Å². The molecule has 2 N–H and O–H groups in total. The smallest absolute Gasteiger partial charge is 0.435 e. The molecule has 1 aromatic heterocycles. The highest BCUT2D eigenvalue weighted by Gasteiger charge is 2.33. The van der Waals surface area contributed by atoms with Crippen molar-refractivity contribution in [1.82, 2.24) is 9.78 Å². The average molecular weight is 285 g/mol. The molecule has 2 aromatic rings. The topological polar surface area (TPSA) is 53.1 Å². The number of nitrogens with two attached hydrogens (primary N) is 1. The molecule has 20 heavy (non-hydrogen) atoms. The summed E-state index contributed by atoms with van der Waals surface area (Å²) < 4.78 is 43.9. The molecule has 0 radical (unpaired) electrons. The Morgan fingerprint density at radius 2 is 2.05 bits per heavy atom. The summed E-state index contributed by atoms with van der Waals surface area (Å²) >= 11 is 0. The second-order valence-corrected chi connectivity index (χ2v) is 4.25. The number of benzene rings is 1. The highest BCUT2D eigenvalue weighted by atomic mass is 19.4. The lowest BCUT2D eigenvalue weighted by atomic mass is 10.1. The van der Waals surface area contributed by atoms with Gasteiger partial charge >= 0.3 is 6.18 Å². The maximum atomic E-state index is 12.5. The molecule has 0 aliphatic carbocycles. The molecule has 0 aliphatic heterocycles. The van der Waals surface area contributed by atoms with Crippen LogP contribution in [0, 0.1) is 0 Å². The first-order chi connectivity index (χ1) is 9.44. The number of rotatable bonds is 4. The third kappa shape index (κ3) is 3.11. The van der Waals surface area contributed by atoms with Gasteiger partial charge in [-0.2, -0.15) is 18.3 Å². The van der Waals surface area contributed by atoms with Crippen molar-refractivity contribution >= 4 is 0 Å². The molecule has 0 bridgehead atoms. The standard InChI is InChI=1S/C13H14F3N3O/c1-20-11-3-2-9(7-17)6-10(11)8-19-5-4-12(18-19)13(14,15)16/h2-6H,7-8,17H2,1H3. The molecular formula is C13H14F3N3O. The zero-order chi connectivity index (χ0) is 14.8. The van der Waals surface area contributed by atoms with Crippen molar-refractivity contribution in [1.29, 1.82) is 0 Å². The van der Waals surface area contributed by atoms with Gasteiger partial charge in [-0.3, -0.25) is 4.68 Å². The van der Waals surface area contributed by atoms with Crippen molar-refractivity contribution < 1.29 is 17.9 Å². The molecule has 0 atom stereocenters. The minimum absolute atomic E-state index is 0.188. The van der Waals surface area contributed by atoms with Crippen LogP contribution >= 0.6 is 0 Å². The van der Waals surface area contributed by atoms with Crippen LogP contribution < -0.4 is 10.5 Å². The van der Waals surface area contributed by atoms with E-state index in [0.717, 1.165) is 17.2 Å². The van der Waals surface area contributed by atoms with E-state index in [1.165, 1.54) is 18.0 Å². The van der Waals surface area contributed by atoms with Crippen LogP contribution in [0.3, 0.4) is 0 Å². The largest absolute Gasteiger partial charge is 0.496 e. The van der Waals surface area contributed by atoms with Gasteiger partial charge in [-0.15, -0.1) is 0 Å². The number of aromatic nitrogens is 2. The van der Waals surface area contributed by atoms with Gasteiger partial charge in [-0.25, -0.2) is 0 Å². The maximum Gasteiger partial charge on any atom is 0.435 e. The average Bonchev–Trinajstić information content (AvgIpc) is 2.87. The molecule has 1 heterocycles. The lowest BCUT2D eigenvalue weighted by molar-refractivity contribution is -0.141. The summed E-state index contributed by atoms with van der Waals surface area (Å²) in [6.07, 6.45) is -3.15. The number of hydrogen-bond donors (Lipinski definition) is 1. The van der Waals surface area contributed by atoms with E-state index in [0.29, 0.717) is 12.3 Å². The molecule has 0 unspecified atom stereocenters. The van der Waals surface area contributed by atoms with E-state index in [-0.39, 0.29) is 6.54 Å². The Hall–Kier alpha value is -2.02. The Bertz CT molecular complexity index is 593. The van der Waals surface area contributed by atoms with E-state index < -0.39 is 11.9 Å². The molecule has 0 aliphatic rings. The minimum atomic E-state index is -4.44. The Kier molecular flexibility index (Phi) is 3.99. The molecular weight excluding hydrogens is 271 g/mol. The lowest BCUT2D eigenvalue weighted by Gasteiger charge is -2.10. The zero-order valence-corrected chi connectivity index (χ0v) is 10.8. The fourth-order valence-corrected chi connectivity index (χ4v) is 1.86. The highest BCUT2D eigenvalue weighted by molar-refractivity contribution is 5.37. The van der Waals surface area contributed by atoms with Crippen molar-refractivity contribution in [3.8, 4) is 5.75 Å². The van der Waals surface area contributed by atoms with Crippen LogP contribution in [0.25, 0.3) is 0 Å². The van der Waals surface area contributed by atoms with Crippen LogP contribution in [0.15, 0.2) is 30.5 Å². The predicted octanol–water partition coefficient (Wildman–Crippen LogP) is 2.42. The summed E-state index contributed by atoms with van der Waals surface area (Å²) in [5.74, 6) is 0.589. The summed E-state index contributed by atoms with van der Waals surface area (Å²) in [6, 6.07) is 6.30. The van der Waals surface area contributed by atoms with Gasteiger partial charge in [0.1, 0.15) is 5.75 Å². The Morgan fingerprint density at radius 3 is 2.60 bits per heavy atom.